The predicted molar refractivity (Wildman–Crippen MR) is 100 cm³/mol. The van der Waals surface area contributed by atoms with Gasteiger partial charge in [0.05, 0.1) is 19.2 Å². The first-order valence-corrected chi connectivity index (χ1v) is 8.41. The Labute approximate surface area is 152 Å². The van der Waals surface area contributed by atoms with Crippen molar-refractivity contribution in [1.82, 2.24) is 5.43 Å². The van der Waals surface area contributed by atoms with E-state index >= 15 is 0 Å². The molecule has 1 aliphatic heterocycles. The van der Waals surface area contributed by atoms with Crippen LogP contribution in [0.5, 0.6) is 5.75 Å². The summed E-state index contributed by atoms with van der Waals surface area (Å²) >= 11 is 0. The number of rotatable bonds is 5. The molecule has 1 saturated heterocycles. The number of hydrogen-bond donors (Lipinski definition) is 1. The molecule has 0 saturated carbocycles. The smallest absolute Gasteiger partial charge is 0.245 e. The molecule has 2 aromatic rings. The number of aryl methyl sites for hydroxylation is 1. The first-order chi connectivity index (χ1) is 12.6. The number of anilines is 1. The Kier molecular flexibility index (Phi) is 5.31. The minimum Gasteiger partial charge on any atom is -0.497 e. The topological polar surface area (TPSA) is 71.0 Å². The van der Waals surface area contributed by atoms with Gasteiger partial charge in [0.1, 0.15) is 5.75 Å². The SMILES string of the molecule is COc1ccc(C=NNC(=O)C2CC(=O)N(c3ccc(C)cc3)C2)cc1. The number of hydrazone groups is 1. The molecule has 6 nitrogen and oxygen atoms in total. The van der Waals surface area contributed by atoms with E-state index in [-0.39, 0.29) is 18.2 Å². The van der Waals surface area contributed by atoms with Crippen LogP contribution < -0.4 is 15.1 Å². The highest BCUT2D eigenvalue weighted by Crippen LogP contribution is 2.25. The van der Waals surface area contributed by atoms with Gasteiger partial charge in [0, 0.05) is 18.7 Å². The van der Waals surface area contributed by atoms with Crippen LogP contribution in [-0.2, 0) is 9.59 Å². The molecule has 1 aliphatic rings. The lowest BCUT2D eigenvalue weighted by Crippen LogP contribution is -2.30. The molecule has 1 unspecified atom stereocenters. The second kappa shape index (κ2) is 7.82. The summed E-state index contributed by atoms with van der Waals surface area (Å²) in [7, 11) is 1.60. The average molecular weight is 351 g/mol. The molecule has 0 spiro atoms. The lowest BCUT2D eigenvalue weighted by Gasteiger charge is -2.16. The van der Waals surface area contributed by atoms with Gasteiger partial charge < -0.3 is 9.64 Å². The zero-order chi connectivity index (χ0) is 18.5. The van der Waals surface area contributed by atoms with E-state index < -0.39 is 5.92 Å². The molecule has 2 amide bonds. The first kappa shape index (κ1) is 17.7. The van der Waals surface area contributed by atoms with Crippen LogP contribution in [0.25, 0.3) is 0 Å². The maximum atomic E-state index is 12.3. The predicted octanol–water partition coefficient (Wildman–Crippen LogP) is 2.51. The fourth-order valence-electron chi connectivity index (χ4n) is 2.81. The van der Waals surface area contributed by atoms with Crippen LogP contribution in [-0.4, -0.2) is 31.7 Å². The minimum absolute atomic E-state index is 0.0480. The largest absolute Gasteiger partial charge is 0.497 e. The minimum atomic E-state index is -0.406. The van der Waals surface area contributed by atoms with Gasteiger partial charge >= 0.3 is 0 Å². The number of methoxy groups -OCH3 is 1. The normalized spacial score (nSPS) is 16.9. The van der Waals surface area contributed by atoms with Gasteiger partial charge in [0.25, 0.3) is 0 Å². The van der Waals surface area contributed by atoms with Crippen LogP contribution in [0.2, 0.25) is 0 Å². The Balaban J connectivity index is 1.57. The standard InChI is InChI=1S/C20H21N3O3/c1-14-3-7-17(8-4-14)23-13-16(11-19(23)24)20(25)22-21-12-15-5-9-18(26-2)10-6-15/h3-10,12,16H,11,13H2,1-2H3,(H,22,25). The van der Waals surface area contributed by atoms with Gasteiger partial charge in [-0.25, -0.2) is 5.43 Å². The Hall–Kier alpha value is -3.15. The zero-order valence-corrected chi connectivity index (χ0v) is 14.8. The lowest BCUT2D eigenvalue weighted by atomic mass is 10.1. The fourth-order valence-corrected chi connectivity index (χ4v) is 2.81. The van der Waals surface area contributed by atoms with Crippen LogP contribution in [0.4, 0.5) is 5.69 Å². The summed E-state index contributed by atoms with van der Waals surface area (Å²) < 4.78 is 5.09. The summed E-state index contributed by atoms with van der Waals surface area (Å²) in [4.78, 5) is 26.2. The quantitative estimate of drug-likeness (QED) is 0.665. The zero-order valence-electron chi connectivity index (χ0n) is 14.8. The van der Waals surface area contributed by atoms with E-state index in [0.29, 0.717) is 6.54 Å². The number of carbonyl (C=O) groups excluding carboxylic acids is 2. The third-order valence-electron chi connectivity index (χ3n) is 4.35. The van der Waals surface area contributed by atoms with E-state index in [1.807, 2.05) is 55.5 Å². The van der Waals surface area contributed by atoms with Gasteiger partial charge in [0.2, 0.25) is 11.8 Å². The molecule has 0 bridgehead atoms. The maximum absolute atomic E-state index is 12.3. The van der Waals surface area contributed by atoms with E-state index in [4.69, 9.17) is 4.74 Å². The molecule has 1 N–H and O–H groups in total. The van der Waals surface area contributed by atoms with E-state index in [1.54, 1.807) is 18.2 Å². The molecule has 1 atom stereocenters. The van der Waals surface area contributed by atoms with Gasteiger partial charge in [0.15, 0.2) is 0 Å². The molecular weight excluding hydrogens is 330 g/mol. The molecule has 2 aromatic carbocycles. The first-order valence-electron chi connectivity index (χ1n) is 8.41. The van der Waals surface area contributed by atoms with Crippen molar-refractivity contribution in [2.24, 2.45) is 11.0 Å². The highest BCUT2D eigenvalue weighted by Gasteiger charge is 2.35. The highest BCUT2D eigenvalue weighted by atomic mass is 16.5. The molecule has 1 fully saturated rings. The molecule has 0 aromatic heterocycles. The van der Waals surface area contributed by atoms with Crippen molar-refractivity contribution in [3.63, 3.8) is 0 Å². The summed E-state index contributed by atoms with van der Waals surface area (Å²) in [5.74, 6) is 0.0505. The summed E-state index contributed by atoms with van der Waals surface area (Å²) in [5, 5.41) is 3.98. The third kappa shape index (κ3) is 4.08. The molecule has 0 aliphatic carbocycles. The Morgan fingerprint density at radius 1 is 1.19 bits per heavy atom. The van der Waals surface area contributed by atoms with Crippen molar-refractivity contribution in [1.29, 1.82) is 0 Å². The molecule has 1 heterocycles. The van der Waals surface area contributed by atoms with Crippen molar-refractivity contribution >= 4 is 23.7 Å². The average Bonchev–Trinajstić information content (AvgIpc) is 3.05. The number of hydrogen-bond acceptors (Lipinski definition) is 4. The van der Waals surface area contributed by atoms with Gasteiger partial charge in [-0.3, -0.25) is 9.59 Å². The lowest BCUT2D eigenvalue weighted by molar-refractivity contribution is -0.126. The number of benzene rings is 2. The van der Waals surface area contributed by atoms with Crippen molar-refractivity contribution in [3.05, 3.63) is 59.7 Å². The van der Waals surface area contributed by atoms with Crippen LogP contribution in [0.3, 0.4) is 0 Å². The van der Waals surface area contributed by atoms with E-state index in [0.717, 1.165) is 22.6 Å². The van der Waals surface area contributed by atoms with Crippen LogP contribution in [0, 0.1) is 12.8 Å². The summed E-state index contributed by atoms with van der Waals surface area (Å²) in [6.45, 7) is 2.36. The second-order valence-electron chi connectivity index (χ2n) is 6.25. The fraction of sp³-hybridized carbons (Fsp3) is 0.250. The van der Waals surface area contributed by atoms with Crippen molar-refractivity contribution in [3.8, 4) is 5.75 Å². The van der Waals surface area contributed by atoms with Crippen LogP contribution in [0.1, 0.15) is 17.5 Å². The molecular formula is C20H21N3O3. The number of nitrogens with one attached hydrogen (secondary N) is 1. The van der Waals surface area contributed by atoms with E-state index in [9.17, 15) is 9.59 Å². The van der Waals surface area contributed by atoms with Crippen LogP contribution >= 0.6 is 0 Å². The number of nitrogens with zero attached hydrogens (tertiary/aromatic N) is 2. The monoisotopic (exact) mass is 351 g/mol. The summed E-state index contributed by atoms with van der Waals surface area (Å²) in [5.41, 5.74) is 5.31. The second-order valence-corrected chi connectivity index (χ2v) is 6.25. The van der Waals surface area contributed by atoms with Crippen LogP contribution in [0.15, 0.2) is 53.6 Å². The maximum Gasteiger partial charge on any atom is 0.245 e. The molecule has 26 heavy (non-hydrogen) atoms. The number of ether oxygens (including phenoxy) is 1. The highest BCUT2D eigenvalue weighted by molar-refractivity contribution is 6.00. The Morgan fingerprint density at radius 2 is 1.88 bits per heavy atom. The van der Waals surface area contributed by atoms with Crippen molar-refractivity contribution in [2.75, 3.05) is 18.6 Å². The molecule has 134 valence electrons. The summed E-state index contributed by atoms with van der Waals surface area (Å²) in [6, 6.07) is 15.0. The summed E-state index contributed by atoms with van der Waals surface area (Å²) in [6.07, 6.45) is 1.75. The van der Waals surface area contributed by atoms with Gasteiger partial charge in [-0.05, 0) is 48.9 Å². The van der Waals surface area contributed by atoms with Crippen molar-refractivity contribution < 1.29 is 14.3 Å². The number of amides is 2. The Bertz CT molecular complexity index is 813. The molecule has 3 rings (SSSR count). The molecule has 6 heteroatoms. The van der Waals surface area contributed by atoms with Gasteiger partial charge in [-0.15, -0.1) is 0 Å². The Morgan fingerprint density at radius 3 is 2.54 bits per heavy atom. The van der Waals surface area contributed by atoms with Gasteiger partial charge in [-0.2, -0.15) is 5.10 Å². The number of carbonyl (C=O) groups is 2. The van der Waals surface area contributed by atoms with Gasteiger partial charge in [-0.1, -0.05) is 17.7 Å². The molecule has 0 radical (unpaired) electrons. The van der Waals surface area contributed by atoms with Crippen molar-refractivity contribution in [2.45, 2.75) is 13.3 Å². The van der Waals surface area contributed by atoms with E-state index in [2.05, 4.69) is 10.5 Å². The third-order valence-corrected chi connectivity index (χ3v) is 4.35. The van der Waals surface area contributed by atoms with E-state index in [1.165, 1.54) is 0 Å².